The van der Waals surface area contributed by atoms with Crippen molar-refractivity contribution in [1.29, 1.82) is 0 Å². The molecule has 0 bridgehead atoms. The van der Waals surface area contributed by atoms with E-state index in [1.807, 2.05) is 31.2 Å². The maximum Gasteiger partial charge on any atom is 0.257 e. The average molecular weight is 383 g/mol. The van der Waals surface area contributed by atoms with Crippen LogP contribution in [0.4, 0.5) is 15.2 Å². The summed E-state index contributed by atoms with van der Waals surface area (Å²) < 4.78 is 12.9. The van der Waals surface area contributed by atoms with E-state index in [9.17, 15) is 14.0 Å². The van der Waals surface area contributed by atoms with Gasteiger partial charge in [-0.3, -0.25) is 14.9 Å². The minimum atomic E-state index is -0.404. The smallest absolute Gasteiger partial charge is 0.257 e. The van der Waals surface area contributed by atoms with E-state index in [1.165, 1.54) is 35.6 Å². The zero-order chi connectivity index (χ0) is 19.2. The van der Waals surface area contributed by atoms with Crippen molar-refractivity contribution in [2.75, 3.05) is 10.6 Å². The van der Waals surface area contributed by atoms with E-state index in [2.05, 4.69) is 15.6 Å². The first-order chi connectivity index (χ1) is 13.0. The van der Waals surface area contributed by atoms with Crippen LogP contribution in [0.2, 0.25) is 0 Å². The zero-order valence-corrected chi connectivity index (χ0v) is 15.5. The van der Waals surface area contributed by atoms with Gasteiger partial charge in [0.25, 0.3) is 5.91 Å². The maximum absolute atomic E-state index is 12.9. The third-order valence-corrected chi connectivity index (χ3v) is 4.70. The van der Waals surface area contributed by atoms with Crippen LogP contribution in [0.3, 0.4) is 0 Å². The second-order valence-electron chi connectivity index (χ2n) is 5.84. The Morgan fingerprint density at radius 3 is 2.56 bits per heavy atom. The average Bonchev–Trinajstić information content (AvgIpc) is 3.09. The number of carbonyl (C=O) groups excluding carboxylic acids is 2. The van der Waals surface area contributed by atoms with Gasteiger partial charge in [-0.1, -0.05) is 25.1 Å². The molecule has 0 aliphatic rings. The number of nitrogens with one attached hydrogen (secondary N) is 2. The highest BCUT2D eigenvalue weighted by molar-refractivity contribution is 7.14. The molecule has 138 valence electrons. The van der Waals surface area contributed by atoms with Crippen molar-refractivity contribution in [3.05, 3.63) is 76.5 Å². The highest BCUT2D eigenvalue weighted by Gasteiger charge is 2.12. The minimum Gasteiger partial charge on any atom is -0.325 e. The van der Waals surface area contributed by atoms with E-state index in [1.54, 1.807) is 5.38 Å². The van der Waals surface area contributed by atoms with E-state index in [0.29, 0.717) is 16.4 Å². The Morgan fingerprint density at radius 1 is 1.07 bits per heavy atom. The first-order valence-corrected chi connectivity index (χ1v) is 9.32. The lowest BCUT2D eigenvalue weighted by Gasteiger charge is -2.08. The van der Waals surface area contributed by atoms with Gasteiger partial charge < -0.3 is 5.32 Å². The summed E-state index contributed by atoms with van der Waals surface area (Å²) >= 11 is 1.23. The molecule has 27 heavy (non-hydrogen) atoms. The van der Waals surface area contributed by atoms with Crippen molar-refractivity contribution in [3.8, 4) is 0 Å². The molecule has 0 aliphatic carbocycles. The third kappa shape index (κ3) is 4.98. The molecular weight excluding hydrogens is 365 g/mol. The van der Waals surface area contributed by atoms with Gasteiger partial charge in [-0.15, -0.1) is 11.3 Å². The minimum absolute atomic E-state index is 0.112. The quantitative estimate of drug-likeness (QED) is 0.667. The predicted octanol–water partition coefficient (Wildman–Crippen LogP) is 4.28. The van der Waals surface area contributed by atoms with E-state index in [-0.39, 0.29) is 18.2 Å². The number of amides is 2. The number of halogens is 1. The van der Waals surface area contributed by atoms with Gasteiger partial charge in [-0.25, -0.2) is 9.37 Å². The van der Waals surface area contributed by atoms with E-state index >= 15 is 0 Å². The van der Waals surface area contributed by atoms with Crippen LogP contribution in [-0.4, -0.2) is 16.8 Å². The summed E-state index contributed by atoms with van der Waals surface area (Å²) in [6, 6.07) is 12.9. The lowest BCUT2D eigenvalue weighted by molar-refractivity contribution is -0.115. The molecule has 3 aromatic rings. The van der Waals surface area contributed by atoms with Crippen LogP contribution in [0.25, 0.3) is 0 Å². The largest absolute Gasteiger partial charge is 0.325 e. The van der Waals surface area contributed by atoms with Crippen LogP contribution in [-0.2, 0) is 17.6 Å². The van der Waals surface area contributed by atoms with Crippen LogP contribution in [0.1, 0.15) is 28.5 Å². The van der Waals surface area contributed by atoms with Crippen LogP contribution < -0.4 is 10.6 Å². The number of benzene rings is 2. The fourth-order valence-corrected chi connectivity index (χ4v) is 3.23. The third-order valence-electron chi connectivity index (χ3n) is 3.89. The van der Waals surface area contributed by atoms with E-state index in [0.717, 1.165) is 17.7 Å². The molecule has 0 unspecified atom stereocenters. The molecule has 0 spiro atoms. The molecule has 1 heterocycles. The fraction of sp³-hybridized carbons (Fsp3) is 0.150. The molecule has 5 nitrogen and oxygen atoms in total. The molecule has 2 aromatic carbocycles. The summed E-state index contributed by atoms with van der Waals surface area (Å²) in [5, 5.41) is 7.67. The number of rotatable bonds is 6. The molecular formula is C20H18FN3O2S. The van der Waals surface area contributed by atoms with Crippen molar-refractivity contribution in [2.45, 2.75) is 19.8 Å². The topological polar surface area (TPSA) is 71.1 Å². The monoisotopic (exact) mass is 383 g/mol. The number of thiazole rings is 1. The molecule has 3 rings (SSSR count). The van der Waals surface area contributed by atoms with Gasteiger partial charge in [0, 0.05) is 16.6 Å². The predicted molar refractivity (Wildman–Crippen MR) is 105 cm³/mol. The highest BCUT2D eigenvalue weighted by Crippen LogP contribution is 2.19. The SMILES string of the molecule is CCc1ccccc1NC(=O)Cc1csc(NC(=O)c2ccc(F)cc2)n1. The normalized spacial score (nSPS) is 10.4. The number of aryl methyl sites for hydroxylation is 1. The highest BCUT2D eigenvalue weighted by atomic mass is 32.1. The number of aromatic nitrogens is 1. The molecule has 1 aromatic heterocycles. The van der Waals surface area contributed by atoms with Crippen LogP contribution in [0, 0.1) is 5.82 Å². The van der Waals surface area contributed by atoms with Crippen LogP contribution >= 0.6 is 11.3 Å². The summed E-state index contributed by atoms with van der Waals surface area (Å²) in [5.41, 5.74) is 2.77. The standard InChI is InChI=1S/C20H18FN3O2S/c1-2-13-5-3-4-6-17(13)23-18(25)11-16-12-27-20(22-16)24-19(26)14-7-9-15(21)10-8-14/h3-10,12H,2,11H2,1H3,(H,23,25)(H,22,24,26). The summed E-state index contributed by atoms with van der Waals surface area (Å²) in [5.74, 6) is -0.950. The van der Waals surface area contributed by atoms with Crippen molar-refractivity contribution in [3.63, 3.8) is 0 Å². The number of carbonyl (C=O) groups is 2. The first kappa shape index (κ1) is 18.7. The number of nitrogens with zero attached hydrogens (tertiary/aromatic N) is 1. The van der Waals surface area contributed by atoms with Gasteiger partial charge in [0.2, 0.25) is 5.91 Å². The number of hydrogen-bond acceptors (Lipinski definition) is 4. The van der Waals surface area contributed by atoms with Crippen molar-refractivity contribution >= 4 is 34.0 Å². The molecule has 0 saturated heterocycles. The molecule has 2 amide bonds. The van der Waals surface area contributed by atoms with Gasteiger partial charge in [-0.05, 0) is 42.3 Å². The Balaban J connectivity index is 1.59. The molecule has 0 radical (unpaired) electrons. The summed E-state index contributed by atoms with van der Waals surface area (Å²) in [6.07, 6.45) is 0.938. The van der Waals surface area contributed by atoms with Crippen LogP contribution in [0.5, 0.6) is 0 Å². The molecule has 0 aliphatic heterocycles. The number of para-hydroxylation sites is 1. The second-order valence-corrected chi connectivity index (χ2v) is 6.70. The van der Waals surface area contributed by atoms with E-state index < -0.39 is 5.82 Å². The number of hydrogen-bond donors (Lipinski definition) is 2. The lowest BCUT2D eigenvalue weighted by Crippen LogP contribution is -2.16. The van der Waals surface area contributed by atoms with Crippen molar-refractivity contribution in [1.82, 2.24) is 4.98 Å². The molecule has 7 heteroatoms. The Hall–Kier alpha value is -3.06. The first-order valence-electron chi connectivity index (χ1n) is 8.44. The maximum atomic E-state index is 12.9. The Morgan fingerprint density at radius 2 is 1.81 bits per heavy atom. The Labute approximate surface area is 160 Å². The lowest BCUT2D eigenvalue weighted by atomic mass is 10.1. The van der Waals surface area contributed by atoms with Crippen molar-refractivity contribution in [2.24, 2.45) is 0 Å². The second kappa shape index (κ2) is 8.55. The number of anilines is 2. The fourth-order valence-electron chi connectivity index (χ4n) is 2.53. The van der Waals surface area contributed by atoms with Gasteiger partial charge in [0.15, 0.2) is 5.13 Å². The van der Waals surface area contributed by atoms with Gasteiger partial charge in [0.1, 0.15) is 5.82 Å². The Kier molecular flexibility index (Phi) is 5.93. The molecule has 2 N–H and O–H groups in total. The van der Waals surface area contributed by atoms with Gasteiger partial charge >= 0.3 is 0 Å². The molecule has 0 fully saturated rings. The Bertz CT molecular complexity index is 954. The summed E-state index contributed by atoms with van der Waals surface area (Å²) in [4.78, 5) is 28.7. The molecule has 0 atom stereocenters. The van der Waals surface area contributed by atoms with Crippen molar-refractivity contribution < 1.29 is 14.0 Å². The van der Waals surface area contributed by atoms with Gasteiger partial charge in [0.05, 0.1) is 12.1 Å². The molecule has 0 saturated carbocycles. The summed E-state index contributed by atoms with van der Waals surface area (Å²) in [7, 11) is 0. The summed E-state index contributed by atoms with van der Waals surface area (Å²) in [6.45, 7) is 2.03. The van der Waals surface area contributed by atoms with Crippen LogP contribution in [0.15, 0.2) is 53.9 Å². The van der Waals surface area contributed by atoms with Gasteiger partial charge in [-0.2, -0.15) is 0 Å². The zero-order valence-electron chi connectivity index (χ0n) is 14.7. The van der Waals surface area contributed by atoms with E-state index in [4.69, 9.17) is 0 Å².